The number of hydrogen-bond donors (Lipinski definition) is 0. The average molecular weight is 578 g/mol. The van der Waals surface area contributed by atoms with Gasteiger partial charge in [0.05, 0.1) is 34.4 Å². The van der Waals surface area contributed by atoms with Crippen molar-refractivity contribution in [2.24, 2.45) is 0 Å². The van der Waals surface area contributed by atoms with E-state index in [1.54, 1.807) is 0 Å². The number of hydrogen-bond acceptors (Lipinski definition) is 6. The number of ether oxygens (including phenoxy) is 2. The second-order valence-electron chi connectivity index (χ2n) is 11.9. The van der Waals surface area contributed by atoms with Crippen molar-refractivity contribution in [1.82, 2.24) is 0 Å². The maximum Gasteiger partial charge on any atom is 0.268 e. The van der Waals surface area contributed by atoms with Crippen molar-refractivity contribution in [2.75, 3.05) is 61.2 Å². The van der Waals surface area contributed by atoms with Crippen molar-refractivity contribution in [3.05, 3.63) is 12.2 Å². The number of rotatable bonds is 30. The Bertz CT molecular complexity index is 596. The first-order valence-corrected chi connectivity index (χ1v) is 17.3. The molecular formula is C31H64NO6P. The van der Waals surface area contributed by atoms with E-state index < -0.39 is 13.9 Å². The van der Waals surface area contributed by atoms with Crippen molar-refractivity contribution in [3.8, 4) is 0 Å². The third kappa shape index (κ3) is 30.5. The first kappa shape index (κ1) is 38.7. The fraction of sp³-hybridized carbons (Fsp3) is 0.935. The van der Waals surface area contributed by atoms with Crippen molar-refractivity contribution in [1.29, 1.82) is 0 Å². The molecule has 8 heteroatoms. The Kier molecular flexibility index (Phi) is 26.4. The van der Waals surface area contributed by atoms with E-state index in [-0.39, 0.29) is 19.8 Å². The lowest BCUT2D eigenvalue weighted by molar-refractivity contribution is -0.870. The first-order valence-electron chi connectivity index (χ1n) is 15.9. The summed E-state index contributed by atoms with van der Waals surface area (Å²) in [5.41, 5.74) is 0. The molecule has 0 amide bonds. The minimum atomic E-state index is -4.39. The Morgan fingerprint density at radius 1 is 0.718 bits per heavy atom. The van der Waals surface area contributed by atoms with E-state index in [1.165, 1.54) is 110 Å². The Hall–Kier alpha value is -0.270. The minimum Gasteiger partial charge on any atom is -0.756 e. The topological polar surface area (TPSA) is 77.1 Å². The lowest BCUT2D eigenvalue weighted by atomic mass is 10.1. The van der Waals surface area contributed by atoms with Crippen LogP contribution in [0.1, 0.15) is 122 Å². The highest BCUT2D eigenvalue weighted by molar-refractivity contribution is 7.45. The average Bonchev–Trinajstić information content (AvgIpc) is 2.86. The molecule has 0 aliphatic carbocycles. The van der Waals surface area contributed by atoms with Crippen LogP contribution in [0.3, 0.4) is 0 Å². The smallest absolute Gasteiger partial charge is 0.268 e. The largest absolute Gasteiger partial charge is 0.756 e. The summed E-state index contributed by atoms with van der Waals surface area (Å²) >= 11 is 0. The Balaban J connectivity index is 3.55. The van der Waals surface area contributed by atoms with Gasteiger partial charge in [0.15, 0.2) is 0 Å². The molecule has 0 saturated carbocycles. The summed E-state index contributed by atoms with van der Waals surface area (Å²) in [4.78, 5) is 12.1. The molecule has 0 aromatic rings. The monoisotopic (exact) mass is 577 g/mol. The van der Waals surface area contributed by atoms with Crippen molar-refractivity contribution < 1.29 is 32.5 Å². The van der Waals surface area contributed by atoms with E-state index >= 15 is 0 Å². The van der Waals surface area contributed by atoms with Gasteiger partial charge in [0, 0.05) is 13.7 Å². The summed E-state index contributed by atoms with van der Waals surface area (Å²) in [5, 5.41) is 0. The maximum atomic E-state index is 12.1. The summed E-state index contributed by atoms with van der Waals surface area (Å²) in [5.74, 6) is 0. The molecule has 0 fully saturated rings. The molecular weight excluding hydrogens is 513 g/mol. The first-order chi connectivity index (χ1) is 18.7. The van der Waals surface area contributed by atoms with Crippen molar-refractivity contribution >= 4 is 7.82 Å². The van der Waals surface area contributed by atoms with E-state index in [4.69, 9.17) is 18.5 Å². The fourth-order valence-corrected chi connectivity index (χ4v) is 5.16. The summed E-state index contributed by atoms with van der Waals surface area (Å²) in [6, 6.07) is 0. The van der Waals surface area contributed by atoms with Gasteiger partial charge in [-0.1, -0.05) is 103 Å². The van der Waals surface area contributed by atoms with Gasteiger partial charge in [-0.05, 0) is 32.1 Å². The number of phosphoric acid groups is 1. The molecule has 0 aromatic carbocycles. The molecule has 0 aliphatic heterocycles. The third-order valence-electron chi connectivity index (χ3n) is 6.75. The van der Waals surface area contributed by atoms with Crippen LogP contribution in [0.4, 0.5) is 0 Å². The van der Waals surface area contributed by atoms with Gasteiger partial charge in [-0.2, -0.15) is 0 Å². The molecule has 0 bridgehead atoms. The zero-order valence-corrected chi connectivity index (χ0v) is 27.2. The predicted octanol–water partition coefficient (Wildman–Crippen LogP) is 7.82. The van der Waals surface area contributed by atoms with Crippen LogP contribution in [0.2, 0.25) is 0 Å². The second kappa shape index (κ2) is 26.6. The van der Waals surface area contributed by atoms with Crippen LogP contribution >= 0.6 is 7.82 Å². The highest BCUT2D eigenvalue weighted by atomic mass is 31.2. The van der Waals surface area contributed by atoms with Gasteiger partial charge in [0.2, 0.25) is 0 Å². The molecule has 0 heterocycles. The number of nitrogens with zero attached hydrogens (tertiary/aromatic N) is 1. The van der Waals surface area contributed by atoms with Crippen LogP contribution in [-0.2, 0) is 23.1 Å². The van der Waals surface area contributed by atoms with Gasteiger partial charge in [0.1, 0.15) is 19.3 Å². The van der Waals surface area contributed by atoms with E-state index in [0.717, 1.165) is 12.8 Å². The van der Waals surface area contributed by atoms with Crippen LogP contribution in [0.25, 0.3) is 0 Å². The zero-order chi connectivity index (χ0) is 29.1. The molecule has 0 aliphatic rings. The molecule has 0 radical (unpaired) electrons. The SMILES string of the molecule is CCCCCCCC/C=C\CCCCCCCCCCCCOCC(COC)OP(=O)([O-])OCC[N+](C)(C)C. The van der Waals surface area contributed by atoms with Crippen LogP contribution in [0.5, 0.6) is 0 Å². The van der Waals surface area contributed by atoms with Crippen LogP contribution in [-0.4, -0.2) is 71.8 Å². The van der Waals surface area contributed by atoms with Crippen LogP contribution in [0, 0.1) is 0 Å². The predicted molar refractivity (Wildman–Crippen MR) is 162 cm³/mol. The van der Waals surface area contributed by atoms with Crippen molar-refractivity contribution in [3.63, 3.8) is 0 Å². The number of unbranched alkanes of at least 4 members (excludes halogenated alkanes) is 16. The van der Waals surface area contributed by atoms with Gasteiger partial charge in [0.25, 0.3) is 7.82 Å². The number of phosphoric ester groups is 1. The van der Waals surface area contributed by atoms with E-state index in [1.807, 2.05) is 21.1 Å². The van der Waals surface area contributed by atoms with Gasteiger partial charge in [-0.3, -0.25) is 4.57 Å². The number of quaternary nitrogens is 1. The van der Waals surface area contributed by atoms with Crippen LogP contribution in [0.15, 0.2) is 12.2 Å². The summed E-state index contributed by atoms with van der Waals surface area (Å²) < 4.78 is 33.6. The number of allylic oxidation sites excluding steroid dienone is 2. The quantitative estimate of drug-likeness (QED) is 0.0375. The fourth-order valence-electron chi connectivity index (χ4n) is 4.31. The Morgan fingerprint density at radius 2 is 1.21 bits per heavy atom. The molecule has 39 heavy (non-hydrogen) atoms. The zero-order valence-electron chi connectivity index (χ0n) is 26.3. The minimum absolute atomic E-state index is 0.0852. The normalized spacial score (nSPS) is 14.7. The van der Waals surface area contributed by atoms with Gasteiger partial charge < -0.3 is 27.9 Å². The Labute approximate surface area is 242 Å². The van der Waals surface area contributed by atoms with Gasteiger partial charge in [-0.25, -0.2) is 0 Å². The highest BCUT2D eigenvalue weighted by Crippen LogP contribution is 2.39. The third-order valence-corrected chi connectivity index (χ3v) is 7.80. The van der Waals surface area contributed by atoms with E-state index in [9.17, 15) is 9.46 Å². The van der Waals surface area contributed by atoms with Crippen molar-refractivity contribution in [2.45, 2.75) is 129 Å². The number of methoxy groups -OCH3 is 1. The summed E-state index contributed by atoms with van der Waals surface area (Å²) in [7, 11) is 3.05. The Morgan fingerprint density at radius 3 is 1.69 bits per heavy atom. The highest BCUT2D eigenvalue weighted by Gasteiger charge is 2.20. The van der Waals surface area contributed by atoms with E-state index in [0.29, 0.717) is 17.6 Å². The summed E-state index contributed by atoms with van der Waals surface area (Å²) in [6.07, 6.45) is 27.6. The van der Waals surface area contributed by atoms with Gasteiger partial charge >= 0.3 is 0 Å². The molecule has 0 rings (SSSR count). The molecule has 234 valence electrons. The second-order valence-corrected chi connectivity index (χ2v) is 13.3. The summed E-state index contributed by atoms with van der Waals surface area (Å²) in [6.45, 7) is 3.84. The molecule has 0 N–H and O–H groups in total. The molecule has 7 nitrogen and oxygen atoms in total. The standard InChI is InChI=1S/C31H64NO6P/c1-6-7-8-9-10-11-12-13-14-15-16-17-18-19-20-21-22-23-24-25-27-36-30-31(29-35-5)38-39(33,34)37-28-26-32(2,3)4/h13-14,31H,6-12,15-30H2,1-5H3/b14-13-. The lowest BCUT2D eigenvalue weighted by Gasteiger charge is -2.29. The molecule has 2 atom stereocenters. The molecule has 0 saturated heterocycles. The van der Waals surface area contributed by atoms with Crippen LogP contribution < -0.4 is 4.89 Å². The molecule has 0 aromatic heterocycles. The molecule has 0 spiro atoms. The van der Waals surface area contributed by atoms with E-state index in [2.05, 4.69) is 19.1 Å². The molecule has 2 unspecified atom stereocenters. The number of likely N-dealkylation sites (N-methyl/N-ethyl adjacent to an activating group) is 1. The maximum absolute atomic E-state index is 12.1. The lowest BCUT2D eigenvalue weighted by Crippen LogP contribution is -2.38. The van der Waals surface area contributed by atoms with Gasteiger partial charge in [-0.15, -0.1) is 0 Å².